The van der Waals surface area contributed by atoms with Gasteiger partial charge in [-0.3, -0.25) is 4.57 Å². The largest absolute Gasteiger partial charge is 0.476 e. The van der Waals surface area contributed by atoms with Crippen molar-refractivity contribution in [2.45, 2.75) is 24.5 Å². The number of ether oxygens (including phenoxy) is 1. The number of hydrogen-bond donors (Lipinski definition) is 5. The number of nitrogens with two attached hydrogens (primary N) is 1. The summed E-state index contributed by atoms with van der Waals surface area (Å²) in [4.78, 5) is 14.3. The van der Waals surface area contributed by atoms with Gasteiger partial charge in [0.05, 0.1) is 12.9 Å². The van der Waals surface area contributed by atoms with Gasteiger partial charge >= 0.3 is 5.97 Å². The zero-order valence-electron chi connectivity index (χ0n) is 10.2. The average Bonchev–Trinajstić information content (AvgIpc) is 2.82. The minimum absolute atomic E-state index is 0. The van der Waals surface area contributed by atoms with Gasteiger partial charge in [-0.25, -0.2) is 9.78 Å². The topological polar surface area (TPSA) is 151 Å². The number of imidazole rings is 1. The predicted molar refractivity (Wildman–Crippen MR) is 62.4 cm³/mol. The summed E-state index contributed by atoms with van der Waals surface area (Å²) < 4.78 is 6.30. The molecule has 0 aromatic carbocycles. The van der Waals surface area contributed by atoms with Gasteiger partial charge in [0.25, 0.3) is 0 Å². The summed E-state index contributed by atoms with van der Waals surface area (Å²) in [7, 11) is 0. The van der Waals surface area contributed by atoms with Crippen LogP contribution in [0.3, 0.4) is 0 Å². The van der Waals surface area contributed by atoms with E-state index in [2.05, 4.69) is 4.98 Å². The number of carbonyl (C=O) groups is 1. The van der Waals surface area contributed by atoms with Crippen LogP contribution < -0.4 is 5.73 Å². The summed E-state index contributed by atoms with van der Waals surface area (Å²) in [6.45, 7) is -0.477. The minimum Gasteiger partial charge on any atom is -0.476 e. The number of nitrogen functional groups attached to an aromatic ring is 1. The smallest absolute Gasteiger partial charge is 0.358 e. The Morgan fingerprint density at radius 2 is 2.11 bits per heavy atom. The molecule has 0 bridgehead atoms. The summed E-state index contributed by atoms with van der Waals surface area (Å²) in [5, 5.41) is 37.0. The van der Waals surface area contributed by atoms with Crippen molar-refractivity contribution >= 4 is 41.3 Å². The summed E-state index contributed by atoms with van der Waals surface area (Å²) in [5.41, 5.74) is 5.20. The van der Waals surface area contributed by atoms with Crippen LogP contribution in [-0.2, 0) is 4.74 Å². The Bertz CT molecular complexity index is 467. The van der Waals surface area contributed by atoms with Gasteiger partial charge in [-0.05, 0) is 0 Å². The van der Waals surface area contributed by atoms with Crippen molar-refractivity contribution in [3.05, 3.63) is 12.0 Å². The SMILES string of the molecule is Nc1c(C(=O)O)ncn1C1OC(CO)C(O)C1O.[Na]. The Labute approximate surface area is 129 Å². The van der Waals surface area contributed by atoms with Gasteiger partial charge in [0.2, 0.25) is 0 Å². The molecule has 4 unspecified atom stereocenters. The van der Waals surface area contributed by atoms with Crippen molar-refractivity contribution in [2.75, 3.05) is 12.3 Å². The average molecular weight is 282 g/mol. The van der Waals surface area contributed by atoms with E-state index >= 15 is 0 Å². The van der Waals surface area contributed by atoms with E-state index in [1.54, 1.807) is 0 Å². The second kappa shape index (κ2) is 6.18. The molecule has 2 heterocycles. The standard InChI is InChI=1S/C9H13N3O6.Na/c10-7-4(9(16)17)11-2-12(7)8-6(15)5(14)3(1-13)18-8;/h2-3,5-6,8,13-15H,1,10H2,(H,16,17);. The van der Waals surface area contributed by atoms with Gasteiger partial charge in [-0.15, -0.1) is 0 Å². The van der Waals surface area contributed by atoms with Crippen LogP contribution in [0.4, 0.5) is 5.82 Å². The molecule has 1 fully saturated rings. The third-order valence-electron chi connectivity index (χ3n) is 2.83. The number of anilines is 1. The van der Waals surface area contributed by atoms with Crippen molar-refractivity contribution in [1.29, 1.82) is 0 Å². The molecule has 1 aliphatic rings. The number of aromatic carboxylic acids is 1. The Morgan fingerprint density at radius 3 is 2.53 bits per heavy atom. The van der Waals surface area contributed by atoms with Gasteiger partial charge in [0.1, 0.15) is 24.1 Å². The van der Waals surface area contributed by atoms with E-state index in [0.717, 1.165) is 10.9 Å². The Hall–Kier alpha value is -0.680. The number of hydrogen-bond acceptors (Lipinski definition) is 7. The maximum atomic E-state index is 10.8. The molecule has 6 N–H and O–H groups in total. The molecule has 0 amide bonds. The predicted octanol–water partition coefficient (Wildman–Crippen LogP) is -2.61. The summed E-state index contributed by atoms with van der Waals surface area (Å²) in [6.07, 6.45) is -3.56. The first kappa shape index (κ1) is 16.4. The molecule has 101 valence electrons. The Morgan fingerprint density at radius 1 is 1.47 bits per heavy atom. The number of carboxylic acid groups (broad SMARTS) is 1. The van der Waals surface area contributed by atoms with E-state index in [-0.39, 0.29) is 41.1 Å². The molecule has 1 aromatic rings. The summed E-state index contributed by atoms with van der Waals surface area (Å²) in [6, 6.07) is 0. The molecule has 1 aliphatic heterocycles. The molecule has 2 rings (SSSR count). The maximum Gasteiger partial charge on any atom is 0.358 e. The van der Waals surface area contributed by atoms with Crippen molar-refractivity contribution in [3.63, 3.8) is 0 Å². The quantitative estimate of drug-likeness (QED) is 0.378. The van der Waals surface area contributed by atoms with Crippen LogP contribution in [0.5, 0.6) is 0 Å². The fourth-order valence-corrected chi connectivity index (χ4v) is 1.85. The number of nitrogens with zero attached hydrogens (tertiary/aromatic N) is 2. The van der Waals surface area contributed by atoms with Crippen LogP contribution >= 0.6 is 0 Å². The molecule has 0 saturated carbocycles. The molecule has 1 saturated heterocycles. The Kier molecular flexibility index (Phi) is 5.33. The molecule has 19 heavy (non-hydrogen) atoms. The van der Waals surface area contributed by atoms with Crippen molar-refractivity contribution in [1.82, 2.24) is 9.55 Å². The minimum atomic E-state index is -1.33. The van der Waals surface area contributed by atoms with E-state index in [4.69, 9.17) is 20.7 Å². The van der Waals surface area contributed by atoms with Crippen LogP contribution in [0.2, 0.25) is 0 Å². The van der Waals surface area contributed by atoms with E-state index in [1.807, 2.05) is 0 Å². The number of aromatic nitrogens is 2. The Balaban J connectivity index is 0.00000180. The summed E-state index contributed by atoms with van der Waals surface area (Å²) in [5.74, 6) is -1.50. The molecule has 1 radical (unpaired) electrons. The van der Waals surface area contributed by atoms with Crippen molar-refractivity contribution in [2.24, 2.45) is 0 Å². The molecular formula is C9H13N3NaO6. The molecule has 0 spiro atoms. The van der Waals surface area contributed by atoms with Gasteiger partial charge in [-0.1, -0.05) is 0 Å². The van der Waals surface area contributed by atoms with Gasteiger partial charge < -0.3 is 30.9 Å². The van der Waals surface area contributed by atoms with Crippen LogP contribution in [-0.4, -0.2) is 90.4 Å². The van der Waals surface area contributed by atoms with E-state index < -0.39 is 37.1 Å². The first-order valence-corrected chi connectivity index (χ1v) is 5.15. The number of aliphatic hydroxyl groups is 3. The van der Waals surface area contributed by atoms with Gasteiger partial charge in [0, 0.05) is 29.6 Å². The van der Waals surface area contributed by atoms with Crippen LogP contribution in [0, 0.1) is 0 Å². The zero-order valence-corrected chi connectivity index (χ0v) is 12.2. The second-order valence-electron chi connectivity index (χ2n) is 3.92. The maximum absolute atomic E-state index is 10.8. The third-order valence-corrected chi connectivity index (χ3v) is 2.83. The first-order valence-electron chi connectivity index (χ1n) is 5.15. The van der Waals surface area contributed by atoms with Crippen LogP contribution in [0.1, 0.15) is 16.7 Å². The number of aliphatic hydroxyl groups excluding tert-OH is 3. The van der Waals surface area contributed by atoms with Crippen molar-refractivity contribution in [3.8, 4) is 0 Å². The van der Waals surface area contributed by atoms with E-state index in [1.165, 1.54) is 0 Å². The molecule has 10 heteroatoms. The fourth-order valence-electron chi connectivity index (χ4n) is 1.85. The van der Waals surface area contributed by atoms with E-state index in [9.17, 15) is 15.0 Å². The van der Waals surface area contributed by atoms with Gasteiger partial charge in [-0.2, -0.15) is 0 Å². The molecular weight excluding hydrogens is 269 g/mol. The first-order chi connectivity index (χ1) is 8.47. The van der Waals surface area contributed by atoms with Gasteiger partial charge in [0.15, 0.2) is 11.9 Å². The molecule has 4 atom stereocenters. The molecule has 9 nitrogen and oxygen atoms in total. The summed E-state index contributed by atoms with van der Waals surface area (Å²) >= 11 is 0. The zero-order chi connectivity index (χ0) is 13.4. The normalized spacial score (nSPS) is 30.1. The monoisotopic (exact) mass is 282 g/mol. The number of rotatable bonds is 3. The third kappa shape index (κ3) is 2.77. The van der Waals surface area contributed by atoms with Crippen LogP contribution in [0.25, 0.3) is 0 Å². The molecule has 0 aliphatic carbocycles. The molecule has 1 aromatic heterocycles. The van der Waals surface area contributed by atoms with Crippen molar-refractivity contribution < 1.29 is 30.0 Å². The fraction of sp³-hybridized carbons (Fsp3) is 0.556. The van der Waals surface area contributed by atoms with E-state index in [0.29, 0.717) is 0 Å². The number of carboxylic acids is 1. The van der Waals surface area contributed by atoms with Crippen LogP contribution in [0.15, 0.2) is 6.33 Å². The second-order valence-corrected chi connectivity index (χ2v) is 3.92.